The maximum Gasteiger partial charge on any atom is 0.326 e. The zero-order valence-electron chi connectivity index (χ0n) is 18.8. The van der Waals surface area contributed by atoms with Crippen LogP contribution in [0.25, 0.3) is 11.1 Å². The van der Waals surface area contributed by atoms with E-state index in [1.807, 2.05) is 48.5 Å². The number of ketones is 1. The lowest BCUT2D eigenvalue weighted by molar-refractivity contribution is -0.153. The Labute approximate surface area is 203 Å². The molecule has 0 bridgehead atoms. The van der Waals surface area contributed by atoms with Crippen molar-refractivity contribution in [3.05, 3.63) is 59.7 Å². The molecule has 0 aromatic heterocycles. The Kier molecular flexibility index (Phi) is 8.43. The quantitative estimate of drug-likeness (QED) is 0.415. The average Bonchev–Trinajstić information content (AvgIpc) is 3.32. The van der Waals surface area contributed by atoms with E-state index in [1.54, 1.807) is 13.8 Å². The molecule has 0 spiro atoms. The molecule has 2 N–H and O–H groups in total. The number of carboxylic acid groups (broad SMARTS) is 1. The van der Waals surface area contributed by atoms with Crippen LogP contribution in [0.15, 0.2) is 57.1 Å². The van der Waals surface area contributed by atoms with Crippen LogP contribution in [0, 0.1) is 5.92 Å². The lowest BCUT2D eigenvalue weighted by atomic mass is 9.97. The first-order valence-corrected chi connectivity index (χ1v) is 12.7. The third kappa shape index (κ3) is 6.31. The topological polar surface area (TPSA) is 111 Å². The fourth-order valence-electron chi connectivity index (χ4n) is 3.70. The summed E-state index contributed by atoms with van der Waals surface area (Å²) >= 11 is -0.526. The van der Waals surface area contributed by atoms with E-state index in [9.17, 15) is 19.5 Å². The van der Waals surface area contributed by atoms with E-state index in [1.165, 1.54) is 11.8 Å². The maximum atomic E-state index is 12.9. The molecule has 174 valence electrons. The fourth-order valence-corrected chi connectivity index (χ4v) is 5.08. The number of nitrogens with one attached hydrogen (secondary N) is 1. The Balaban J connectivity index is 1.86. The van der Waals surface area contributed by atoms with Crippen molar-refractivity contribution in [2.75, 3.05) is 0 Å². The highest BCUT2D eigenvalue weighted by Gasteiger charge is 2.32. The van der Waals surface area contributed by atoms with E-state index in [2.05, 4.69) is 14.0 Å². The van der Waals surface area contributed by atoms with E-state index in [-0.39, 0.29) is 37.0 Å². The molecule has 1 aliphatic heterocycles. The molecular formula is C24H27IN4O4. The van der Waals surface area contributed by atoms with Gasteiger partial charge in [-0.3, -0.25) is 10.2 Å². The predicted molar refractivity (Wildman–Crippen MR) is 135 cm³/mol. The van der Waals surface area contributed by atoms with Crippen molar-refractivity contribution >= 4 is 42.3 Å². The highest BCUT2D eigenvalue weighted by molar-refractivity contribution is 14.2. The van der Waals surface area contributed by atoms with Gasteiger partial charge in [0.15, 0.2) is 0 Å². The largest absolute Gasteiger partial charge is 0.480 e. The molecule has 3 rings (SSSR count). The normalized spacial score (nSPS) is 13.6. The van der Waals surface area contributed by atoms with E-state index in [4.69, 9.17) is 0 Å². The van der Waals surface area contributed by atoms with Gasteiger partial charge in [0.1, 0.15) is 15.5 Å². The summed E-state index contributed by atoms with van der Waals surface area (Å²) in [5.74, 6) is -1.75. The Hall–Kier alpha value is -2.95. The number of benzene rings is 2. The van der Waals surface area contributed by atoms with Gasteiger partial charge in [-0.15, -0.1) is 3.33 Å². The van der Waals surface area contributed by atoms with Gasteiger partial charge in [0.2, 0.25) is 5.91 Å². The predicted octanol–water partition coefficient (Wildman–Crippen LogP) is 4.49. The van der Waals surface area contributed by atoms with Crippen LogP contribution in [-0.4, -0.2) is 37.3 Å². The minimum Gasteiger partial charge on any atom is -0.480 e. The van der Waals surface area contributed by atoms with Crippen LogP contribution < -0.4 is 5.43 Å². The standard InChI is InChI=1S/C24H27IN4O4/c1-15(2)22(24(32)33)29(21(31)13-8-16(3)30)14-17-9-11-18(12-10-17)19-6-4-5-7-20(19)23-25-27-28-26-23/h4-7,9-12,15,22H,8,13-14H2,1-3H3,(H,26,27)(H,32,33)/t22-/m0/s1. The van der Waals surface area contributed by atoms with Crippen LogP contribution in [-0.2, 0) is 20.9 Å². The average molecular weight is 562 g/mol. The third-order valence-electron chi connectivity index (χ3n) is 5.32. The monoisotopic (exact) mass is 562 g/mol. The SMILES string of the molecule is CC(=O)CCC(=O)N(Cc1ccc(-c2ccccc2C2=IN=NN2)cc1)[C@H](C(=O)O)C(C)C. The Morgan fingerprint density at radius 1 is 1.03 bits per heavy atom. The van der Waals surface area contributed by atoms with E-state index < -0.39 is 33.0 Å². The molecule has 1 atom stereocenters. The molecule has 9 heteroatoms. The second-order valence-electron chi connectivity index (χ2n) is 8.18. The zero-order chi connectivity index (χ0) is 24.0. The first-order chi connectivity index (χ1) is 15.8. The summed E-state index contributed by atoms with van der Waals surface area (Å²) in [5, 5.41) is 13.7. The molecule has 0 radical (unpaired) electrons. The number of carboxylic acids is 1. The van der Waals surface area contributed by atoms with Crippen molar-refractivity contribution in [1.29, 1.82) is 0 Å². The molecule has 0 fully saturated rings. The number of carbonyl (C=O) groups excluding carboxylic acids is 2. The Bertz CT molecular complexity index is 1100. The van der Waals surface area contributed by atoms with Gasteiger partial charge < -0.3 is 14.8 Å². The minimum absolute atomic E-state index is 0.00207. The first-order valence-electron chi connectivity index (χ1n) is 10.7. The summed E-state index contributed by atoms with van der Waals surface area (Å²) in [6.07, 6.45) is 0.103. The first kappa shape index (κ1) is 24.7. The number of amides is 1. The number of Topliss-reactive ketones (excluding diaryl/α,β-unsaturated/α-hetero) is 1. The van der Waals surface area contributed by atoms with Gasteiger partial charge in [-0.2, -0.15) is 0 Å². The molecule has 0 aliphatic carbocycles. The van der Waals surface area contributed by atoms with Crippen molar-refractivity contribution in [2.24, 2.45) is 14.5 Å². The van der Waals surface area contributed by atoms with Crippen LogP contribution in [0.3, 0.4) is 0 Å². The van der Waals surface area contributed by atoms with Crippen molar-refractivity contribution in [1.82, 2.24) is 10.3 Å². The van der Waals surface area contributed by atoms with Crippen molar-refractivity contribution < 1.29 is 19.5 Å². The number of aliphatic carboxylic acids is 1. The molecule has 2 aromatic carbocycles. The highest BCUT2D eigenvalue weighted by atomic mass is 127. The second kappa shape index (κ2) is 11.3. The van der Waals surface area contributed by atoms with Gasteiger partial charge in [-0.1, -0.05) is 67.6 Å². The van der Waals surface area contributed by atoms with Gasteiger partial charge in [0.25, 0.3) is 0 Å². The number of rotatable bonds is 10. The number of hydrogen-bond donors (Lipinski definition) is 2. The summed E-state index contributed by atoms with van der Waals surface area (Å²) in [7, 11) is 0. The molecule has 1 heterocycles. The van der Waals surface area contributed by atoms with Gasteiger partial charge in [-0.25, -0.2) is 4.79 Å². The molecule has 2 aromatic rings. The van der Waals surface area contributed by atoms with Gasteiger partial charge in [0, 0.05) is 24.9 Å². The van der Waals surface area contributed by atoms with E-state index in [0.29, 0.717) is 0 Å². The van der Waals surface area contributed by atoms with Crippen LogP contribution >= 0.6 is 21.0 Å². The maximum absolute atomic E-state index is 12.9. The van der Waals surface area contributed by atoms with Crippen molar-refractivity contribution in [3.63, 3.8) is 0 Å². The molecule has 0 saturated carbocycles. The van der Waals surface area contributed by atoms with E-state index in [0.717, 1.165) is 25.9 Å². The van der Waals surface area contributed by atoms with Crippen molar-refractivity contribution in [3.8, 4) is 11.1 Å². The third-order valence-corrected chi connectivity index (χ3v) is 7.06. The van der Waals surface area contributed by atoms with Gasteiger partial charge in [0.05, 0.1) is 21.0 Å². The van der Waals surface area contributed by atoms with Gasteiger partial charge >= 0.3 is 5.97 Å². The van der Waals surface area contributed by atoms with Crippen LogP contribution in [0.5, 0.6) is 0 Å². The summed E-state index contributed by atoms with van der Waals surface area (Å²) in [6, 6.07) is 14.8. The van der Waals surface area contributed by atoms with Crippen LogP contribution in [0.4, 0.5) is 0 Å². The zero-order valence-corrected chi connectivity index (χ0v) is 20.9. The number of hydrogen-bond acceptors (Lipinski definition) is 6. The summed E-state index contributed by atoms with van der Waals surface area (Å²) in [4.78, 5) is 37.5. The summed E-state index contributed by atoms with van der Waals surface area (Å²) in [5.41, 5.74) is 6.94. The number of carbonyl (C=O) groups is 3. The Morgan fingerprint density at radius 2 is 1.70 bits per heavy atom. The van der Waals surface area contributed by atoms with E-state index >= 15 is 0 Å². The molecule has 8 nitrogen and oxygen atoms in total. The molecule has 0 saturated heterocycles. The summed E-state index contributed by atoms with van der Waals surface area (Å²) < 4.78 is 5.13. The van der Waals surface area contributed by atoms with Crippen LogP contribution in [0.2, 0.25) is 0 Å². The lowest BCUT2D eigenvalue weighted by Crippen LogP contribution is -2.47. The molecular weight excluding hydrogens is 535 g/mol. The summed E-state index contributed by atoms with van der Waals surface area (Å²) in [6.45, 7) is 5.14. The van der Waals surface area contributed by atoms with Gasteiger partial charge in [-0.05, 0) is 29.5 Å². The number of nitrogens with zero attached hydrogens (tertiary/aromatic N) is 3. The molecule has 1 aliphatic rings. The fraction of sp³-hybridized carbons (Fsp3) is 0.333. The van der Waals surface area contributed by atoms with Crippen LogP contribution in [0.1, 0.15) is 44.7 Å². The lowest BCUT2D eigenvalue weighted by Gasteiger charge is -2.31. The van der Waals surface area contributed by atoms with Crippen molar-refractivity contribution in [2.45, 2.75) is 46.2 Å². The Morgan fingerprint density at radius 3 is 2.24 bits per heavy atom. The molecule has 1 amide bonds. The minimum atomic E-state index is -1.05. The highest BCUT2D eigenvalue weighted by Crippen LogP contribution is 2.28. The molecule has 33 heavy (non-hydrogen) atoms. The number of halogens is 1. The smallest absolute Gasteiger partial charge is 0.326 e. The second-order valence-corrected chi connectivity index (χ2v) is 10.2. The molecule has 0 unspecified atom stereocenters.